The number of nitrogens with two attached hydrogens (primary N) is 1. The van der Waals surface area contributed by atoms with Gasteiger partial charge in [0, 0.05) is 0 Å². The average Bonchev–Trinajstić information content (AvgIpc) is 1.77. The zero-order chi connectivity index (χ0) is 5.98. The lowest BCUT2D eigenvalue weighted by Gasteiger charge is -2.01. The fourth-order valence-electron chi connectivity index (χ4n) is 0.496. The zero-order valence-corrected chi connectivity index (χ0v) is 4.46. The summed E-state index contributed by atoms with van der Waals surface area (Å²) < 4.78 is 0. The zero-order valence-electron chi connectivity index (χ0n) is 4.46. The average molecular weight is 105 g/mol. The van der Waals surface area contributed by atoms with Gasteiger partial charge < -0.3 is 0 Å². The number of hydrogen-bond donors (Lipinski definition) is 1. The summed E-state index contributed by atoms with van der Waals surface area (Å²) in [7, 11) is 0. The first kappa shape index (κ1) is 5.04. The molecule has 0 radical (unpaired) electrons. The monoisotopic (exact) mass is 105 g/mol. The Morgan fingerprint density at radius 1 is 1.12 bits per heavy atom. The molecule has 1 heteroatoms. The highest BCUT2D eigenvalue weighted by molar-refractivity contribution is 6.01. The van der Waals surface area contributed by atoms with Crippen LogP contribution in [-0.4, -0.2) is 5.71 Å². The standard InChI is InChI=1S/C7H6N/c1-6-2-4-7(8)5-3-6/h1-5,8H/q-1/p+1. The summed E-state index contributed by atoms with van der Waals surface area (Å²) in [6.07, 6.45) is 7.09. The van der Waals surface area contributed by atoms with Crippen molar-refractivity contribution in [1.29, 1.82) is 0 Å². The van der Waals surface area contributed by atoms with Gasteiger partial charge in [0.05, 0.1) is 0 Å². The summed E-state index contributed by atoms with van der Waals surface area (Å²) in [6.45, 7) is 5.37. The fourth-order valence-corrected chi connectivity index (χ4v) is 0.496. The van der Waals surface area contributed by atoms with E-state index in [0.29, 0.717) is 0 Å². The Morgan fingerprint density at radius 2 is 1.62 bits per heavy atom. The molecule has 0 atom stereocenters. The van der Waals surface area contributed by atoms with Crippen LogP contribution in [0.15, 0.2) is 29.9 Å². The van der Waals surface area contributed by atoms with Crippen molar-refractivity contribution >= 4 is 5.71 Å². The van der Waals surface area contributed by atoms with Crippen LogP contribution in [0.4, 0.5) is 0 Å². The molecule has 1 aliphatic carbocycles. The molecule has 0 unspecified atom stereocenters. The molecule has 0 aromatic carbocycles. The number of hydrogen-bond acceptors (Lipinski definition) is 0. The Bertz CT molecular complexity index is 147. The van der Waals surface area contributed by atoms with Gasteiger partial charge in [-0.25, -0.2) is 6.58 Å². The van der Waals surface area contributed by atoms with Gasteiger partial charge in [0.1, 0.15) is 0 Å². The van der Waals surface area contributed by atoms with Crippen LogP contribution in [-0.2, 0) is 0 Å². The quantitative estimate of drug-likeness (QED) is 0.408. The molecule has 0 aromatic rings. The molecule has 0 amide bonds. The maximum Gasteiger partial charge on any atom is 0.172 e. The third-order valence-corrected chi connectivity index (χ3v) is 0.936. The first-order valence-corrected chi connectivity index (χ1v) is 2.40. The van der Waals surface area contributed by atoms with E-state index in [4.69, 9.17) is 12.0 Å². The maximum absolute atomic E-state index is 5.37. The lowest BCUT2D eigenvalue weighted by atomic mass is 10.1. The molecule has 1 nitrogen and oxygen atoms in total. The first-order chi connectivity index (χ1) is 3.79. The molecule has 0 heterocycles. The Morgan fingerprint density at radius 3 is 2.00 bits per heavy atom. The smallest absolute Gasteiger partial charge is 0.172 e. The van der Waals surface area contributed by atoms with Gasteiger partial charge in [-0.05, 0) is 12.2 Å². The van der Waals surface area contributed by atoms with Crippen molar-refractivity contribution in [3.05, 3.63) is 36.5 Å². The largest absolute Gasteiger partial charge is 0.256 e. The summed E-state index contributed by atoms with van der Waals surface area (Å²) in [5, 5.41) is 5.37. The van der Waals surface area contributed by atoms with E-state index in [1.807, 2.05) is 0 Å². The lowest BCUT2D eigenvalue weighted by molar-refractivity contribution is -0.110. The third-order valence-electron chi connectivity index (χ3n) is 0.936. The van der Waals surface area contributed by atoms with Crippen LogP contribution in [0.25, 0.3) is 0 Å². The SMILES string of the molecule is [CH-]=C1C=CC(=[NH2+])C=C1. The lowest BCUT2D eigenvalue weighted by Crippen LogP contribution is -2.37. The van der Waals surface area contributed by atoms with E-state index < -0.39 is 0 Å². The predicted octanol–water partition coefficient (Wildman–Crippen LogP) is -0.328. The summed E-state index contributed by atoms with van der Waals surface area (Å²) in [5.74, 6) is 0. The highest BCUT2D eigenvalue weighted by Crippen LogP contribution is 1.99. The summed E-state index contributed by atoms with van der Waals surface area (Å²) >= 11 is 0. The number of rotatable bonds is 0. The summed E-state index contributed by atoms with van der Waals surface area (Å²) in [5.41, 5.74) is 1.50. The van der Waals surface area contributed by atoms with Gasteiger partial charge in [0.15, 0.2) is 5.71 Å². The molecule has 8 heavy (non-hydrogen) atoms. The van der Waals surface area contributed by atoms with E-state index in [9.17, 15) is 0 Å². The van der Waals surface area contributed by atoms with Gasteiger partial charge in [-0.3, -0.25) is 5.41 Å². The Labute approximate surface area is 48.5 Å². The van der Waals surface area contributed by atoms with Crippen molar-refractivity contribution in [2.75, 3.05) is 0 Å². The molecular formula is C7H7N. The fraction of sp³-hybridized carbons (Fsp3) is 0. The van der Waals surface area contributed by atoms with Gasteiger partial charge in [0.2, 0.25) is 0 Å². The van der Waals surface area contributed by atoms with E-state index in [-0.39, 0.29) is 0 Å². The minimum Gasteiger partial charge on any atom is -0.256 e. The Hall–Kier alpha value is -1.11. The summed E-state index contributed by atoms with van der Waals surface area (Å²) in [4.78, 5) is 0. The van der Waals surface area contributed by atoms with Crippen LogP contribution < -0.4 is 5.41 Å². The van der Waals surface area contributed by atoms with Crippen LogP contribution >= 0.6 is 0 Å². The molecule has 0 spiro atoms. The first-order valence-electron chi connectivity index (χ1n) is 2.40. The van der Waals surface area contributed by atoms with E-state index in [1.165, 1.54) is 0 Å². The molecule has 0 saturated heterocycles. The van der Waals surface area contributed by atoms with E-state index >= 15 is 0 Å². The molecular weight excluding hydrogens is 98.1 g/mol. The van der Waals surface area contributed by atoms with Crippen molar-refractivity contribution < 1.29 is 5.41 Å². The molecule has 0 saturated carbocycles. The second-order valence-electron chi connectivity index (χ2n) is 1.67. The second-order valence-corrected chi connectivity index (χ2v) is 1.67. The van der Waals surface area contributed by atoms with E-state index in [2.05, 4.69) is 0 Å². The van der Waals surface area contributed by atoms with Gasteiger partial charge in [0.25, 0.3) is 0 Å². The van der Waals surface area contributed by atoms with Crippen molar-refractivity contribution in [3.8, 4) is 0 Å². The van der Waals surface area contributed by atoms with Gasteiger partial charge in [-0.1, -0.05) is 0 Å². The van der Waals surface area contributed by atoms with E-state index in [0.717, 1.165) is 11.3 Å². The molecule has 1 rings (SSSR count). The van der Waals surface area contributed by atoms with Crippen molar-refractivity contribution in [3.63, 3.8) is 0 Å². The van der Waals surface area contributed by atoms with Crippen LogP contribution in [0.2, 0.25) is 0 Å². The van der Waals surface area contributed by atoms with Crippen molar-refractivity contribution in [1.82, 2.24) is 0 Å². The van der Waals surface area contributed by atoms with Crippen LogP contribution in [0.1, 0.15) is 0 Å². The topological polar surface area (TPSA) is 25.6 Å². The molecule has 0 fully saturated rings. The van der Waals surface area contributed by atoms with Crippen LogP contribution in [0.5, 0.6) is 0 Å². The van der Waals surface area contributed by atoms with Crippen molar-refractivity contribution in [2.45, 2.75) is 0 Å². The summed E-state index contributed by atoms with van der Waals surface area (Å²) in [6, 6.07) is 0. The van der Waals surface area contributed by atoms with Crippen molar-refractivity contribution in [2.24, 2.45) is 0 Å². The Kier molecular flexibility index (Phi) is 1.12. The molecule has 1 aliphatic rings. The maximum atomic E-state index is 5.37. The van der Waals surface area contributed by atoms with Gasteiger partial charge in [-0.2, -0.15) is 17.7 Å². The third kappa shape index (κ3) is 0.936. The van der Waals surface area contributed by atoms with Crippen LogP contribution in [0, 0.1) is 6.58 Å². The molecule has 0 aliphatic heterocycles. The second kappa shape index (κ2) is 1.78. The highest BCUT2D eigenvalue weighted by atomic mass is 14.4. The minimum atomic E-state index is 0.749. The molecule has 0 aromatic heterocycles. The normalized spacial score (nSPS) is 17.5. The van der Waals surface area contributed by atoms with Gasteiger partial charge >= 0.3 is 0 Å². The highest BCUT2D eigenvalue weighted by Gasteiger charge is 1.87. The minimum absolute atomic E-state index is 0.749. The predicted molar refractivity (Wildman–Crippen MR) is 33.0 cm³/mol. The van der Waals surface area contributed by atoms with Crippen LogP contribution in [0.3, 0.4) is 0 Å². The Balaban J connectivity index is 2.83. The number of allylic oxidation sites excluding steroid dienone is 5. The molecule has 40 valence electrons. The van der Waals surface area contributed by atoms with E-state index in [1.54, 1.807) is 24.3 Å². The van der Waals surface area contributed by atoms with Gasteiger partial charge in [-0.15, -0.1) is 0 Å². The molecule has 2 N–H and O–H groups in total. The molecule has 0 bridgehead atoms.